The predicted molar refractivity (Wildman–Crippen MR) is 77.7 cm³/mol. The van der Waals surface area contributed by atoms with Crippen molar-refractivity contribution in [2.24, 2.45) is 5.10 Å². The minimum absolute atomic E-state index is 0.386. The lowest BCUT2D eigenvalue weighted by molar-refractivity contribution is 0.355. The summed E-state index contributed by atoms with van der Waals surface area (Å²) in [5.41, 5.74) is 8.78. The molecule has 0 amide bonds. The minimum atomic E-state index is 0.386. The van der Waals surface area contributed by atoms with E-state index < -0.39 is 0 Å². The number of ether oxygens (including phenoxy) is 1. The first-order chi connectivity index (χ1) is 9.13. The van der Waals surface area contributed by atoms with Crippen molar-refractivity contribution in [3.63, 3.8) is 0 Å². The van der Waals surface area contributed by atoms with E-state index in [4.69, 9.17) is 10.5 Å². The molecule has 2 heterocycles. The summed E-state index contributed by atoms with van der Waals surface area (Å²) < 4.78 is 8.06. The van der Waals surface area contributed by atoms with E-state index >= 15 is 0 Å². The molecule has 98 valence electrons. The number of anilines is 1. The van der Waals surface area contributed by atoms with Crippen LogP contribution >= 0.6 is 15.9 Å². The fourth-order valence-corrected chi connectivity index (χ4v) is 2.72. The lowest BCUT2D eigenvalue weighted by Crippen LogP contribution is -1.97. The van der Waals surface area contributed by atoms with Gasteiger partial charge in [-0.15, -0.1) is 0 Å². The summed E-state index contributed by atoms with van der Waals surface area (Å²) in [6.45, 7) is 2.62. The molecule has 3 rings (SSSR count). The van der Waals surface area contributed by atoms with Crippen molar-refractivity contribution in [3.05, 3.63) is 39.6 Å². The summed E-state index contributed by atoms with van der Waals surface area (Å²) in [4.78, 5) is 4.10. The van der Waals surface area contributed by atoms with Crippen LogP contribution in [0.2, 0.25) is 0 Å². The van der Waals surface area contributed by atoms with Gasteiger partial charge in [-0.25, -0.2) is 9.66 Å². The maximum Gasteiger partial charge on any atom is 0.221 e. The molecule has 0 aliphatic carbocycles. The van der Waals surface area contributed by atoms with Gasteiger partial charge in [0, 0.05) is 6.42 Å². The topological polar surface area (TPSA) is 65.4 Å². The number of rotatable bonds is 2. The van der Waals surface area contributed by atoms with Crippen LogP contribution in [0.4, 0.5) is 5.95 Å². The van der Waals surface area contributed by atoms with Gasteiger partial charge in [0.1, 0.15) is 5.75 Å². The standard InChI is InChI=1S/C13H13BrN4O/c1-8-7-18(13(15)17-8)16-6-9-4-10-2-3-19-12(10)11(14)5-9/h4-7H,2-3H2,1H3,(H2,15,17). The van der Waals surface area contributed by atoms with Gasteiger partial charge in [-0.3, -0.25) is 0 Å². The Morgan fingerprint density at radius 3 is 3.11 bits per heavy atom. The summed E-state index contributed by atoms with van der Waals surface area (Å²) in [5, 5.41) is 4.31. The van der Waals surface area contributed by atoms with Gasteiger partial charge in [0.05, 0.1) is 29.2 Å². The SMILES string of the molecule is Cc1cn(N=Cc2cc(Br)c3c(c2)CCO3)c(N)n1. The van der Waals surface area contributed by atoms with E-state index in [0.29, 0.717) is 5.95 Å². The molecule has 6 heteroatoms. The van der Waals surface area contributed by atoms with Crippen LogP contribution in [0.3, 0.4) is 0 Å². The first-order valence-electron chi connectivity index (χ1n) is 5.94. The van der Waals surface area contributed by atoms with Crippen LogP contribution in [0, 0.1) is 6.92 Å². The van der Waals surface area contributed by atoms with Crippen LogP contribution in [-0.4, -0.2) is 22.5 Å². The zero-order valence-corrected chi connectivity index (χ0v) is 12.0. The number of nitrogen functional groups attached to an aromatic ring is 1. The Hall–Kier alpha value is -1.82. The zero-order valence-electron chi connectivity index (χ0n) is 10.4. The van der Waals surface area contributed by atoms with Gasteiger partial charge >= 0.3 is 0 Å². The molecule has 1 aromatic heterocycles. The van der Waals surface area contributed by atoms with Gasteiger partial charge in [-0.2, -0.15) is 5.10 Å². The zero-order chi connectivity index (χ0) is 13.4. The number of hydrogen-bond donors (Lipinski definition) is 1. The summed E-state index contributed by atoms with van der Waals surface area (Å²) >= 11 is 3.51. The quantitative estimate of drug-likeness (QED) is 0.864. The van der Waals surface area contributed by atoms with E-state index in [-0.39, 0.29) is 0 Å². The number of imidazole rings is 1. The van der Waals surface area contributed by atoms with Crippen molar-refractivity contribution in [1.29, 1.82) is 0 Å². The summed E-state index contributed by atoms with van der Waals surface area (Å²) in [6, 6.07) is 4.06. The number of hydrogen-bond acceptors (Lipinski definition) is 4. The molecule has 2 N–H and O–H groups in total. The van der Waals surface area contributed by atoms with E-state index in [0.717, 1.165) is 34.5 Å². The molecule has 1 aliphatic rings. The average molecular weight is 321 g/mol. The van der Waals surface area contributed by atoms with Crippen LogP contribution in [0.15, 0.2) is 27.9 Å². The van der Waals surface area contributed by atoms with Gasteiger partial charge in [0.15, 0.2) is 0 Å². The Morgan fingerprint density at radius 2 is 2.37 bits per heavy atom. The molecule has 2 aromatic rings. The molecule has 1 aliphatic heterocycles. The smallest absolute Gasteiger partial charge is 0.221 e. The fourth-order valence-electron chi connectivity index (χ4n) is 2.08. The molecule has 0 saturated carbocycles. The third kappa shape index (κ3) is 2.35. The molecular formula is C13H13BrN4O. The highest BCUT2D eigenvalue weighted by atomic mass is 79.9. The number of aryl methyl sites for hydroxylation is 1. The number of benzene rings is 1. The fraction of sp³-hybridized carbons (Fsp3) is 0.231. The molecule has 0 radical (unpaired) electrons. The van der Waals surface area contributed by atoms with Crippen molar-refractivity contribution in [3.8, 4) is 5.75 Å². The second kappa shape index (κ2) is 4.70. The first kappa shape index (κ1) is 12.2. The molecular weight excluding hydrogens is 308 g/mol. The second-order valence-corrected chi connectivity index (χ2v) is 5.27. The van der Waals surface area contributed by atoms with E-state index in [1.165, 1.54) is 5.56 Å². The Morgan fingerprint density at radius 1 is 1.53 bits per heavy atom. The molecule has 5 nitrogen and oxygen atoms in total. The van der Waals surface area contributed by atoms with Crippen LogP contribution in [0.1, 0.15) is 16.8 Å². The van der Waals surface area contributed by atoms with E-state index in [9.17, 15) is 0 Å². The summed E-state index contributed by atoms with van der Waals surface area (Å²) in [6.07, 6.45) is 4.49. The van der Waals surface area contributed by atoms with Gasteiger partial charge < -0.3 is 10.5 Å². The van der Waals surface area contributed by atoms with E-state index in [2.05, 4.69) is 32.1 Å². The van der Waals surface area contributed by atoms with Gasteiger partial charge in [0.2, 0.25) is 5.95 Å². The van der Waals surface area contributed by atoms with Gasteiger partial charge in [0.25, 0.3) is 0 Å². The highest BCUT2D eigenvalue weighted by Gasteiger charge is 2.15. The van der Waals surface area contributed by atoms with Crippen molar-refractivity contribution < 1.29 is 4.74 Å². The Balaban J connectivity index is 1.92. The summed E-state index contributed by atoms with van der Waals surface area (Å²) in [7, 11) is 0. The molecule has 19 heavy (non-hydrogen) atoms. The largest absolute Gasteiger partial charge is 0.492 e. The average Bonchev–Trinajstić information content (AvgIpc) is 2.93. The molecule has 0 bridgehead atoms. The third-order valence-electron chi connectivity index (χ3n) is 2.93. The van der Waals surface area contributed by atoms with Crippen molar-refractivity contribution in [1.82, 2.24) is 9.66 Å². The van der Waals surface area contributed by atoms with Gasteiger partial charge in [-0.05, 0) is 46.1 Å². The lowest BCUT2D eigenvalue weighted by Gasteiger charge is -2.03. The van der Waals surface area contributed by atoms with E-state index in [1.807, 2.05) is 13.0 Å². The second-order valence-electron chi connectivity index (χ2n) is 4.42. The van der Waals surface area contributed by atoms with Crippen LogP contribution in [-0.2, 0) is 6.42 Å². The summed E-state index contributed by atoms with van der Waals surface area (Å²) in [5.74, 6) is 1.33. The highest BCUT2D eigenvalue weighted by Crippen LogP contribution is 2.34. The number of nitrogens with zero attached hydrogens (tertiary/aromatic N) is 3. The number of fused-ring (bicyclic) bond motifs is 1. The number of halogens is 1. The Kier molecular flexibility index (Phi) is 3.02. The number of nitrogens with two attached hydrogens (primary N) is 1. The van der Waals surface area contributed by atoms with Crippen molar-refractivity contribution in [2.45, 2.75) is 13.3 Å². The lowest BCUT2D eigenvalue weighted by atomic mass is 10.1. The molecule has 0 unspecified atom stereocenters. The molecule has 0 saturated heterocycles. The van der Waals surface area contributed by atoms with Crippen molar-refractivity contribution >= 4 is 28.1 Å². The normalized spacial score (nSPS) is 13.8. The van der Waals surface area contributed by atoms with E-state index in [1.54, 1.807) is 17.1 Å². The van der Waals surface area contributed by atoms with Crippen LogP contribution in [0.25, 0.3) is 0 Å². The third-order valence-corrected chi connectivity index (χ3v) is 3.52. The van der Waals surface area contributed by atoms with Crippen molar-refractivity contribution in [2.75, 3.05) is 12.3 Å². The molecule has 0 atom stereocenters. The molecule has 0 fully saturated rings. The monoisotopic (exact) mass is 320 g/mol. The maximum absolute atomic E-state index is 5.73. The van der Waals surface area contributed by atoms with Gasteiger partial charge in [-0.1, -0.05) is 0 Å². The maximum atomic E-state index is 5.73. The first-order valence-corrected chi connectivity index (χ1v) is 6.74. The Bertz CT molecular complexity index is 663. The highest BCUT2D eigenvalue weighted by molar-refractivity contribution is 9.10. The minimum Gasteiger partial charge on any atom is -0.492 e. The Labute approximate surface area is 119 Å². The molecule has 0 spiro atoms. The van der Waals surface area contributed by atoms with Crippen LogP contribution < -0.4 is 10.5 Å². The van der Waals surface area contributed by atoms with Crippen LogP contribution in [0.5, 0.6) is 5.75 Å². The number of aromatic nitrogens is 2. The predicted octanol–water partition coefficient (Wildman–Crippen LogP) is 2.35. The molecule has 1 aromatic carbocycles.